The van der Waals surface area contributed by atoms with Crippen LogP contribution in [0.4, 0.5) is 5.69 Å². The van der Waals surface area contributed by atoms with Crippen molar-refractivity contribution in [2.75, 3.05) is 5.32 Å². The van der Waals surface area contributed by atoms with Crippen LogP contribution in [0.3, 0.4) is 0 Å². The van der Waals surface area contributed by atoms with Gasteiger partial charge in [-0.15, -0.1) is 11.3 Å². The first kappa shape index (κ1) is 17.2. The second kappa shape index (κ2) is 7.42. The number of aryl methyl sites for hydroxylation is 2. The van der Waals surface area contributed by atoms with Gasteiger partial charge in [0.05, 0.1) is 5.56 Å². The fourth-order valence-electron chi connectivity index (χ4n) is 2.13. The highest BCUT2D eigenvalue weighted by molar-refractivity contribution is 7.12. The summed E-state index contributed by atoms with van der Waals surface area (Å²) >= 11 is 1.63. The number of amides is 2. The van der Waals surface area contributed by atoms with Crippen molar-refractivity contribution in [3.8, 4) is 0 Å². The van der Waals surface area contributed by atoms with Gasteiger partial charge in [0.2, 0.25) is 5.91 Å². The number of thiophene rings is 1. The molecule has 2 amide bonds. The summed E-state index contributed by atoms with van der Waals surface area (Å²) in [6.07, 6.45) is 0. The molecule has 1 aromatic heterocycles. The third kappa shape index (κ3) is 4.66. The molecule has 4 nitrogen and oxygen atoms in total. The van der Waals surface area contributed by atoms with Gasteiger partial charge in [0.25, 0.3) is 5.91 Å². The monoisotopic (exact) mass is 330 g/mol. The Balaban J connectivity index is 1.92. The van der Waals surface area contributed by atoms with Gasteiger partial charge < -0.3 is 10.6 Å². The van der Waals surface area contributed by atoms with Crippen LogP contribution in [0.15, 0.2) is 30.3 Å². The van der Waals surface area contributed by atoms with E-state index < -0.39 is 0 Å². The van der Waals surface area contributed by atoms with E-state index in [-0.39, 0.29) is 17.7 Å². The SMILES string of the molecule is Cc1cc(C(=O)NCc2ccc(NC(=O)C(C)C)cc2)c(C)s1. The topological polar surface area (TPSA) is 58.2 Å². The van der Waals surface area contributed by atoms with E-state index in [4.69, 9.17) is 0 Å². The minimum absolute atomic E-state index is 0.00523. The zero-order valence-corrected chi connectivity index (χ0v) is 14.7. The molecule has 0 spiro atoms. The standard InChI is InChI=1S/C18H22N2O2S/c1-11(2)17(21)20-15-7-5-14(6-8-15)10-19-18(22)16-9-12(3)23-13(16)4/h5-9,11H,10H2,1-4H3,(H,19,22)(H,20,21). The molecule has 23 heavy (non-hydrogen) atoms. The van der Waals surface area contributed by atoms with Crippen LogP contribution in [0, 0.1) is 19.8 Å². The second-order valence-electron chi connectivity index (χ2n) is 5.85. The van der Waals surface area contributed by atoms with Gasteiger partial charge in [-0.3, -0.25) is 9.59 Å². The molecule has 2 rings (SSSR count). The third-order valence-electron chi connectivity index (χ3n) is 3.48. The van der Waals surface area contributed by atoms with Crippen LogP contribution < -0.4 is 10.6 Å². The molecular weight excluding hydrogens is 308 g/mol. The Kier molecular flexibility index (Phi) is 5.55. The Bertz CT molecular complexity index is 702. The molecule has 0 saturated heterocycles. The van der Waals surface area contributed by atoms with E-state index in [2.05, 4.69) is 10.6 Å². The van der Waals surface area contributed by atoms with E-state index in [1.807, 2.05) is 58.0 Å². The summed E-state index contributed by atoms with van der Waals surface area (Å²) in [7, 11) is 0. The van der Waals surface area contributed by atoms with Gasteiger partial charge in [0, 0.05) is 27.9 Å². The normalized spacial score (nSPS) is 10.7. The average Bonchev–Trinajstić information content (AvgIpc) is 2.85. The zero-order valence-electron chi connectivity index (χ0n) is 13.9. The van der Waals surface area contributed by atoms with Crippen molar-refractivity contribution in [3.63, 3.8) is 0 Å². The van der Waals surface area contributed by atoms with Crippen LogP contribution in [0.25, 0.3) is 0 Å². The van der Waals surface area contributed by atoms with E-state index in [1.54, 1.807) is 11.3 Å². The largest absolute Gasteiger partial charge is 0.348 e. The van der Waals surface area contributed by atoms with Gasteiger partial charge in [-0.2, -0.15) is 0 Å². The third-order valence-corrected chi connectivity index (χ3v) is 4.45. The first-order valence-corrected chi connectivity index (χ1v) is 8.43. The summed E-state index contributed by atoms with van der Waals surface area (Å²) in [4.78, 5) is 26.0. The van der Waals surface area contributed by atoms with E-state index in [9.17, 15) is 9.59 Å². The number of anilines is 1. The second-order valence-corrected chi connectivity index (χ2v) is 7.31. The maximum absolute atomic E-state index is 12.2. The predicted octanol–water partition coefficient (Wildman–Crippen LogP) is 3.89. The summed E-state index contributed by atoms with van der Waals surface area (Å²) in [5.41, 5.74) is 2.50. The Morgan fingerprint density at radius 2 is 1.78 bits per heavy atom. The molecule has 2 N–H and O–H groups in total. The number of rotatable bonds is 5. The Morgan fingerprint density at radius 3 is 2.30 bits per heavy atom. The fraction of sp³-hybridized carbons (Fsp3) is 0.333. The van der Waals surface area contributed by atoms with Crippen molar-refractivity contribution < 1.29 is 9.59 Å². The number of nitrogens with one attached hydrogen (secondary N) is 2. The minimum atomic E-state index is -0.0518. The quantitative estimate of drug-likeness (QED) is 0.874. The van der Waals surface area contributed by atoms with Gasteiger partial charge in [-0.1, -0.05) is 26.0 Å². The van der Waals surface area contributed by atoms with Crippen LogP contribution in [-0.2, 0) is 11.3 Å². The lowest BCUT2D eigenvalue weighted by atomic mass is 10.1. The summed E-state index contributed by atoms with van der Waals surface area (Å²) in [6.45, 7) is 8.13. The van der Waals surface area contributed by atoms with Crippen molar-refractivity contribution in [2.24, 2.45) is 5.92 Å². The molecule has 0 bridgehead atoms. The molecule has 122 valence electrons. The van der Waals surface area contributed by atoms with E-state index in [0.717, 1.165) is 26.6 Å². The molecule has 2 aromatic rings. The predicted molar refractivity (Wildman–Crippen MR) is 94.9 cm³/mol. The molecule has 0 aliphatic carbocycles. The smallest absolute Gasteiger partial charge is 0.252 e. The van der Waals surface area contributed by atoms with Crippen LogP contribution in [0.1, 0.15) is 39.5 Å². The average molecular weight is 330 g/mol. The number of hydrogen-bond acceptors (Lipinski definition) is 3. The molecule has 0 aliphatic rings. The molecule has 1 aromatic carbocycles. The number of hydrogen-bond donors (Lipinski definition) is 2. The van der Waals surface area contributed by atoms with E-state index in [1.165, 1.54) is 0 Å². The van der Waals surface area contributed by atoms with Gasteiger partial charge in [0.15, 0.2) is 0 Å². The molecule has 0 radical (unpaired) electrons. The van der Waals surface area contributed by atoms with Crippen molar-refractivity contribution in [1.29, 1.82) is 0 Å². The van der Waals surface area contributed by atoms with Crippen molar-refractivity contribution >= 4 is 28.8 Å². The van der Waals surface area contributed by atoms with Crippen molar-refractivity contribution in [2.45, 2.75) is 34.2 Å². The highest BCUT2D eigenvalue weighted by atomic mass is 32.1. The highest BCUT2D eigenvalue weighted by Gasteiger charge is 2.11. The molecule has 0 atom stereocenters. The highest BCUT2D eigenvalue weighted by Crippen LogP contribution is 2.20. The Hall–Kier alpha value is -2.14. The first-order valence-electron chi connectivity index (χ1n) is 7.62. The Morgan fingerprint density at radius 1 is 1.13 bits per heavy atom. The molecular formula is C18H22N2O2S. The lowest BCUT2D eigenvalue weighted by Gasteiger charge is -2.09. The number of benzene rings is 1. The minimum Gasteiger partial charge on any atom is -0.348 e. The summed E-state index contributed by atoms with van der Waals surface area (Å²) in [5, 5.41) is 5.77. The first-order chi connectivity index (χ1) is 10.9. The van der Waals surface area contributed by atoms with Crippen molar-refractivity contribution in [1.82, 2.24) is 5.32 Å². The van der Waals surface area contributed by atoms with Gasteiger partial charge in [0.1, 0.15) is 0 Å². The van der Waals surface area contributed by atoms with Gasteiger partial charge >= 0.3 is 0 Å². The maximum Gasteiger partial charge on any atom is 0.252 e. The fourth-order valence-corrected chi connectivity index (χ4v) is 3.05. The van der Waals surface area contributed by atoms with Gasteiger partial charge in [-0.05, 0) is 37.6 Å². The number of carbonyl (C=O) groups is 2. The molecule has 0 aliphatic heterocycles. The van der Waals surface area contributed by atoms with Crippen LogP contribution >= 0.6 is 11.3 Å². The summed E-state index contributed by atoms with van der Waals surface area (Å²) in [5.74, 6) is -0.107. The summed E-state index contributed by atoms with van der Waals surface area (Å²) in [6, 6.07) is 9.42. The lowest BCUT2D eigenvalue weighted by Crippen LogP contribution is -2.23. The Labute approximate surface area is 140 Å². The molecule has 1 heterocycles. The van der Waals surface area contributed by atoms with Crippen molar-refractivity contribution in [3.05, 3.63) is 51.2 Å². The van der Waals surface area contributed by atoms with E-state index >= 15 is 0 Å². The van der Waals surface area contributed by atoms with Crippen LogP contribution in [0.5, 0.6) is 0 Å². The molecule has 0 saturated carbocycles. The zero-order chi connectivity index (χ0) is 17.0. The van der Waals surface area contributed by atoms with Gasteiger partial charge in [-0.25, -0.2) is 0 Å². The lowest BCUT2D eigenvalue weighted by molar-refractivity contribution is -0.118. The van der Waals surface area contributed by atoms with Crippen LogP contribution in [0.2, 0.25) is 0 Å². The molecule has 5 heteroatoms. The molecule has 0 fully saturated rings. The molecule has 0 unspecified atom stereocenters. The summed E-state index contributed by atoms with van der Waals surface area (Å²) < 4.78 is 0. The van der Waals surface area contributed by atoms with E-state index in [0.29, 0.717) is 6.54 Å². The van der Waals surface area contributed by atoms with Crippen LogP contribution in [-0.4, -0.2) is 11.8 Å². The number of carbonyl (C=O) groups excluding carboxylic acids is 2. The maximum atomic E-state index is 12.2.